The second kappa shape index (κ2) is 10.8. The summed E-state index contributed by atoms with van der Waals surface area (Å²) in [6, 6.07) is 14.7. The number of carboxylic acid groups (broad SMARTS) is 2. The van der Waals surface area contributed by atoms with Crippen molar-refractivity contribution in [3.05, 3.63) is 65.5 Å². The summed E-state index contributed by atoms with van der Waals surface area (Å²) >= 11 is 0. The van der Waals surface area contributed by atoms with Crippen molar-refractivity contribution in [2.24, 2.45) is 0 Å². The molecule has 134 valence electrons. The van der Waals surface area contributed by atoms with Crippen LogP contribution in [-0.4, -0.2) is 35.8 Å². The Balaban J connectivity index is 0.000000450. The number of carbonyl (C=O) groups is 2. The lowest BCUT2D eigenvalue weighted by molar-refractivity contribution is -0.159. The Bertz CT molecular complexity index is 676. The van der Waals surface area contributed by atoms with Crippen LogP contribution >= 0.6 is 0 Å². The van der Waals surface area contributed by atoms with Crippen molar-refractivity contribution in [3.63, 3.8) is 0 Å². The van der Waals surface area contributed by atoms with Crippen LogP contribution in [0.4, 0.5) is 4.39 Å². The monoisotopic (exact) mass is 349 g/mol. The second-order valence-electron chi connectivity index (χ2n) is 5.02. The fraction of sp³-hybridized carbons (Fsp3) is 0.222. The van der Waals surface area contributed by atoms with Gasteiger partial charge in [0.2, 0.25) is 0 Å². The van der Waals surface area contributed by atoms with Crippen LogP contribution in [0.5, 0.6) is 5.75 Å². The van der Waals surface area contributed by atoms with Gasteiger partial charge in [-0.1, -0.05) is 24.3 Å². The third-order valence-corrected chi connectivity index (χ3v) is 3.15. The molecule has 0 spiro atoms. The highest BCUT2D eigenvalue weighted by molar-refractivity contribution is 6.27. The first kappa shape index (κ1) is 20.1. The quantitative estimate of drug-likeness (QED) is 0.547. The van der Waals surface area contributed by atoms with E-state index in [-0.39, 0.29) is 5.82 Å². The summed E-state index contributed by atoms with van der Waals surface area (Å²) < 4.78 is 18.1. The van der Waals surface area contributed by atoms with Crippen molar-refractivity contribution in [2.75, 3.05) is 13.7 Å². The minimum absolute atomic E-state index is 0.173. The fourth-order valence-corrected chi connectivity index (χ4v) is 1.90. The Hall–Kier alpha value is -2.93. The molecule has 25 heavy (non-hydrogen) atoms. The van der Waals surface area contributed by atoms with Gasteiger partial charge in [0.05, 0.1) is 7.11 Å². The molecule has 0 atom stereocenters. The van der Waals surface area contributed by atoms with E-state index in [1.54, 1.807) is 19.2 Å². The zero-order chi connectivity index (χ0) is 18.7. The van der Waals surface area contributed by atoms with E-state index in [1.165, 1.54) is 11.6 Å². The van der Waals surface area contributed by atoms with Crippen molar-refractivity contribution in [1.29, 1.82) is 0 Å². The van der Waals surface area contributed by atoms with E-state index in [2.05, 4.69) is 5.32 Å². The summed E-state index contributed by atoms with van der Waals surface area (Å²) in [5.74, 6) is -2.96. The van der Waals surface area contributed by atoms with Crippen molar-refractivity contribution in [3.8, 4) is 5.75 Å². The molecule has 0 radical (unpaired) electrons. The van der Waals surface area contributed by atoms with Gasteiger partial charge in [0, 0.05) is 6.54 Å². The lowest BCUT2D eigenvalue weighted by Gasteiger charge is -2.06. The topological polar surface area (TPSA) is 95.9 Å². The molecule has 0 fully saturated rings. The first-order valence-corrected chi connectivity index (χ1v) is 7.46. The molecule has 0 amide bonds. The van der Waals surface area contributed by atoms with Gasteiger partial charge in [-0.25, -0.2) is 14.0 Å². The molecular weight excluding hydrogens is 329 g/mol. The summed E-state index contributed by atoms with van der Waals surface area (Å²) in [5.41, 5.74) is 2.22. The molecule has 2 rings (SSSR count). The molecule has 0 aromatic heterocycles. The highest BCUT2D eigenvalue weighted by atomic mass is 19.1. The first-order valence-electron chi connectivity index (χ1n) is 7.46. The van der Waals surface area contributed by atoms with Gasteiger partial charge in [-0.15, -0.1) is 0 Å². The van der Waals surface area contributed by atoms with Gasteiger partial charge < -0.3 is 20.3 Å². The summed E-state index contributed by atoms with van der Waals surface area (Å²) in [5, 5.41) is 18.1. The lowest BCUT2D eigenvalue weighted by Crippen LogP contribution is -2.16. The van der Waals surface area contributed by atoms with Gasteiger partial charge >= 0.3 is 11.9 Å². The smallest absolute Gasteiger partial charge is 0.414 e. The van der Waals surface area contributed by atoms with Crippen molar-refractivity contribution < 1.29 is 28.9 Å². The molecule has 0 saturated carbocycles. The molecule has 0 heterocycles. The van der Waals surface area contributed by atoms with E-state index in [1.807, 2.05) is 30.3 Å². The summed E-state index contributed by atoms with van der Waals surface area (Å²) in [7, 11) is 1.66. The fourth-order valence-electron chi connectivity index (χ4n) is 1.90. The second-order valence-corrected chi connectivity index (χ2v) is 5.02. The van der Waals surface area contributed by atoms with Crippen LogP contribution in [0.2, 0.25) is 0 Å². The number of rotatable bonds is 6. The SMILES string of the molecule is COc1ccc(CNCCc2cccc(F)c2)cc1.O=C(O)C(=O)O. The van der Waals surface area contributed by atoms with Crippen LogP contribution in [0.15, 0.2) is 48.5 Å². The largest absolute Gasteiger partial charge is 0.497 e. The van der Waals surface area contributed by atoms with Gasteiger partial charge in [-0.3, -0.25) is 0 Å². The van der Waals surface area contributed by atoms with Crippen molar-refractivity contribution in [1.82, 2.24) is 5.32 Å². The molecule has 0 aliphatic carbocycles. The average molecular weight is 349 g/mol. The minimum atomic E-state index is -1.82. The normalized spacial score (nSPS) is 9.68. The zero-order valence-corrected chi connectivity index (χ0v) is 13.7. The number of aliphatic carboxylic acids is 2. The third kappa shape index (κ3) is 8.47. The molecule has 0 bridgehead atoms. The van der Waals surface area contributed by atoms with E-state index in [4.69, 9.17) is 24.5 Å². The molecular formula is C18H20FNO5. The van der Waals surface area contributed by atoms with Crippen LogP contribution < -0.4 is 10.1 Å². The number of nitrogens with one attached hydrogen (secondary N) is 1. The maximum Gasteiger partial charge on any atom is 0.414 e. The predicted octanol–water partition coefficient (Wildman–Crippen LogP) is 2.32. The molecule has 7 heteroatoms. The van der Waals surface area contributed by atoms with E-state index in [0.29, 0.717) is 0 Å². The Labute approximate surface area is 144 Å². The first-order chi connectivity index (χ1) is 11.9. The number of carboxylic acids is 2. The number of hydrogen-bond acceptors (Lipinski definition) is 4. The molecule has 2 aromatic carbocycles. The summed E-state index contributed by atoms with van der Waals surface area (Å²) in [4.78, 5) is 18.2. The highest BCUT2D eigenvalue weighted by Crippen LogP contribution is 2.11. The molecule has 6 nitrogen and oxygen atoms in total. The average Bonchev–Trinajstić information content (AvgIpc) is 2.60. The minimum Gasteiger partial charge on any atom is -0.497 e. The van der Waals surface area contributed by atoms with Crippen molar-refractivity contribution >= 4 is 11.9 Å². The molecule has 0 aliphatic rings. The maximum atomic E-state index is 13.0. The van der Waals surface area contributed by atoms with Gasteiger partial charge in [-0.2, -0.15) is 0 Å². The van der Waals surface area contributed by atoms with Gasteiger partial charge in [-0.05, 0) is 48.4 Å². The number of benzene rings is 2. The highest BCUT2D eigenvalue weighted by Gasteiger charge is 2.04. The molecule has 2 aromatic rings. The predicted molar refractivity (Wildman–Crippen MR) is 90.1 cm³/mol. The standard InChI is InChI=1S/C16H18FNO.C2H2O4/c1-19-16-7-5-14(6-8-16)12-18-10-9-13-3-2-4-15(17)11-13;3-1(4)2(5)6/h2-8,11,18H,9-10,12H2,1H3;(H,3,4)(H,5,6). The number of ether oxygens (including phenoxy) is 1. The van der Waals surface area contributed by atoms with Gasteiger partial charge in [0.15, 0.2) is 0 Å². The van der Waals surface area contributed by atoms with Gasteiger partial charge in [0.1, 0.15) is 11.6 Å². The summed E-state index contributed by atoms with van der Waals surface area (Å²) in [6.07, 6.45) is 0.827. The van der Waals surface area contributed by atoms with E-state index < -0.39 is 11.9 Å². The van der Waals surface area contributed by atoms with Crippen LogP contribution in [0, 0.1) is 5.82 Å². The Morgan fingerprint density at radius 1 is 1.04 bits per heavy atom. The number of methoxy groups -OCH3 is 1. The summed E-state index contributed by atoms with van der Waals surface area (Å²) in [6.45, 7) is 1.63. The number of halogens is 1. The van der Waals surface area contributed by atoms with Crippen LogP contribution in [-0.2, 0) is 22.6 Å². The van der Waals surface area contributed by atoms with E-state index in [0.717, 1.165) is 30.8 Å². The van der Waals surface area contributed by atoms with E-state index in [9.17, 15) is 4.39 Å². The lowest BCUT2D eigenvalue weighted by atomic mass is 10.1. The number of hydrogen-bond donors (Lipinski definition) is 3. The van der Waals surface area contributed by atoms with Crippen LogP contribution in [0.3, 0.4) is 0 Å². The third-order valence-electron chi connectivity index (χ3n) is 3.15. The maximum absolute atomic E-state index is 13.0. The molecule has 3 N–H and O–H groups in total. The Morgan fingerprint density at radius 3 is 2.20 bits per heavy atom. The molecule has 0 aliphatic heterocycles. The van der Waals surface area contributed by atoms with Crippen LogP contribution in [0.1, 0.15) is 11.1 Å². The zero-order valence-electron chi connectivity index (χ0n) is 13.7. The molecule has 0 saturated heterocycles. The Morgan fingerprint density at radius 2 is 1.68 bits per heavy atom. The van der Waals surface area contributed by atoms with Gasteiger partial charge in [0.25, 0.3) is 0 Å². The van der Waals surface area contributed by atoms with Crippen LogP contribution in [0.25, 0.3) is 0 Å². The molecule has 0 unspecified atom stereocenters. The Kier molecular flexibility index (Phi) is 8.67. The van der Waals surface area contributed by atoms with E-state index >= 15 is 0 Å². The van der Waals surface area contributed by atoms with Crippen molar-refractivity contribution in [2.45, 2.75) is 13.0 Å².